The van der Waals surface area contributed by atoms with E-state index in [0.29, 0.717) is 12.5 Å². The zero-order valence-electron chi connectivity index (χ0n) is 16.8. The Hall–Kier alpha value is -2.66. The van der Waals surface area contributed by atoms with Crippen molar-refractivity contribution in [3.05, 3.63) is 71.8 Å². The van der Waals surface area contributed by atoms with Crippen molar-refractivity contribution < 1.29 is 9.59 Å². The number of nitrogens with one attached hydrogen (secondary N) is 1. The quantitative estimate of drug-likeness (QED) is 0.790. The molecular weight excluding hydrogens is 362 g/mol. The summed E-state index contributed by atoms with van der Waals surface area (Å²) >= 11 is 0. The van der Waals surface area contributed by atoms with Crippen LogP contribution in [-0.2, 0) is 16.0 Å². The smallest absolute Gasteiger partial charge is 0.234 e. The van der Waals surface area contributed by atoms with Crippen LogP contribution in [-0.4, -0.2) is 54.3 Å². The van der Waals surface area contributed by atoms with Crippen LogP contribution in [0.2, 0.25) is 0 Å². The maximum absolute atomic E-state index is 12.8. The van der Waals surface area contributed by atoms with E-state index >= 15 is 0 Å². The number of hydrogen-bond acceptors (Lipinski definition) is 3. The molecule has 1 aliphatic heterocycles. The minimum absolute atomic E-state index is 0.0387. The lowest BCUT2D eigenvalue weighted by Gasteiger charge is -2.34. The van der Waals surface area contributed by atoms with Gasteiger partial charge in [-0.1, -0.05) is 60.7 Å². The first-order chi connectivity index (χ1) is 14.2. The SMILES string of the molecule is O=C(CN1CCN(C(=O)C2CC2)CC1)NC(Cc1ccccc1)c1ccccc1. The summed E-state index contributed by atoms with van der Waals surface area (Å²) in [5.74, 6) is 0.618. The Morgan fingerprint density at radius 2 is 1.52 bits per heavy atom. The Balaban J connectivity index is 1.32. The van der Waals surface area contributed by atoms with Gasteiger partial charge in [0.1, 0.15) is 0 Å². The average molecular weight is 392 g/mol. The molecule has 0 bridgehead atoms. The van der Waals surface area contributed by atoms with Gasteiger partial charge in [-0.15, -0.1) is 0 Å². The van der Waals surface area contributed by atoms with Crippen LogP contribution in [0.25, 0.3) is 0 Å². The highest BCUT2D eigenvalue weighted by atomic mass is 16.2. The second kappa shape index (κ2) is 9.23. The fraction of sp³-hybridized carbons (Fsp3) is 0.417. The molecule has 0 aromatic heterocycles. The molecule has 0 radical (unpaired) electrons. The van der Waals surface area contributed by atoms with E-state index in [-0.39, 0.29) is 17.9 Å². The molecule has 4 rings (SSSR count). The lowest BCUT2D eigenvalue weighted by Crippen LogP contribution is -2.51. The van der Waals surface area contributed by atoms with Gasteiger partial charge in [-0.2, -0.15) is 0 Å². The monoisotopic (exact) mass is 391 g/mol. The molecule has 0 spiro atoms. The van der Waals surface area contributed by atoms with Gasteiger partial charge in [0.25, 0.3) is 0 Å². The molecule has 1 atom stereocenters. The van der Waals surface area contributed by atoms with Gasteiger partial charge in [0, 0.05) is 32.1 Å². The molecular formula is C24H29N3O2. The number of amides is 2. The van der Waals surface area contributed by atoms with Crippen LogP contribution in [0.4, 0.5) is 0 Å². The number of rotatable bonds is 7. The Bertz CT molecular complexity index is 813. The minimum atomic E-state index is -0.0520. The summed E-state index contributed by atoms with van der Waals surface area (Å²) in [6, 6.07) is 20.3. The summed E-state index contributed by atoms with van der Waals surface area (Å²) in [5.41, 5.74) is 2.32. The summed E-state index contributed by atoms with van der Waals surface area (Å²) in [6.45, 7) is 3.37. The fourth-order valence-corrected chi connectivity index (χ4v) is 3.95. The third kappa shape index (κ3) is 5.45. The largest absolute Gasteiger partial charge is 0.348 e. The van der Waals surface area contributed by atoms with Crippen LogP contribution < -0.4 is 5.32 Å². The number of nitrogens with zero attached hydrogens (tertiary/aromatic N) is 2. The molecule has 2 aromatic carbocycles. The molecule has 2 aliphatic rings. The lowest BCUT2D eigenvalue weighted by atomic mass is 9.99. The molecule has 29 heavy (non-hydrogen) atoms. The molecule has 1 saturated carbocycles. The van der Waals surface area contributed by atoms with Crippen molar-refractivity contribution in [1.29, 1.82) is 0 Å². The molecule has 1 unspecified atom stereocenters. The predicted molar refractivity (Wildman–Crippen MR) is 113 cm³/mol. The van der Waals surface area contributed by atoms with Gasteiger partial charge in [0.2, 0.25) is 11.8 Å². The van der Waals surface area contributed by atoms with Gasteiger partial charge in [-0.3, -0.25) is 14.5 Å². The van der Waals surface area contributed by atoms with Crippen LogP contribution in [0, 0.1) is 5.92 Å². The van der Waals surface area contributed by atoms with Gasteiger partial charge in [-0.05, 0) is 30.4 Å². The molecule has 1 aliphatic carbocycles. The van der Waals surface area contributed by atoms with Crippen molar-refractivity contribution >= 4 is 11.8 Å². The van der Waals surface area contributed by atoms with Gasteiger partial charge in [-0.25, -0.2) is 0 Å². The van der Waals surface area contributed by atoms with Crippen LogP contribution in [0.5, 0.6) is 0 Å². The van der Waals surface area contributed by atoms with E-state index in [9.17, 15) is 9.59 Å². The van der Waals surface area contributed by atoms with Crippen molar-refractivity contribution in [2.75, 3.05) is 32.7 Å². The molecule has 5 heteroatoms. The molecule has 1 N–H and O–H groups in total. The highest BCUT2D eigenvalue weighted by Gasteiger charge is 2.34. The van der Waals surface area contributed by atoms with E-state index in [1.54, 1.807) is 0 Å². The van der Waals surface area contributed by atoms with Gasteiger partial charge in [0.15, 0.2) is 0 Å². The zero-order valence-corrected chi connectivity index (χ0v) is 16.8. The van der Waals surface area contributed by atoms with E-state index in [1.165, 1.54) is 5.56 Å². The first-order valence-electron chi connectivity index (χ1n) is 10.6. The molecule has 2 fully saturated rings. The Morgan fingerprint density at radius 3 is 2.14 bits per heavy atom. The summed E-state index contributed by atoms with van der Waals surface area (Å²) in [6.07, 6.45) is 2.85. The average Bonchev–Trinajstić information content (AvgIpc) is 3.60. The van der Waals surface area contributed by atoms with Crippen LogP contribution in [0.15, 0.2) is 60.7 Å². The molecule has 5 nitrogen and oxygen atoms in total. The standard InChI is InChI=1S/C24H29N3O2/c28-23(18-26-13-15-27(16-14-26)24(29)21-11-12-21)25-22(20-9-5-2-6-10-20)17-19-7-3-1-4-8-19/h1-10,21-22H,11-18H2,(H,25,28). The first-order valence-corrected chi connectivity index (χ1v) is 10.6. The van der Waals surface area contributed by atoms with Gasteiger partial charge < -0.3 is 10.2 Å². The lowest BCUT2D eigenvalue weighted by molar-refractivity contribution is -0.134. The van der Waals surface area contributed by atoms with E-state index in [1.807, 2.05) is 41.3 Å². The van der Waals surface area contributed by atoms with Crippen molar-refractivity contribution in [2.24, 2.45) is 5.92 Å². The number of hydrogen-bond donors (Lipinski definition) is 1. The second-order valence-electron chi connectivity index (χ2n) is 8.10. The maximum Gasteiger partial charge on any atom is 0.234 e. The van der Waals surface area contributed by atoms with E-state index in [4.69, 9.17) is 0 Å². The highest BCUT2D eigenvalue weighted by molar-refractivity contribution is 5.81. The Kier molecular flexibility index (Phi) is 6.25. The number of piperazine rings is 1. The van der Waals surface area contributed by atoms with Gasteiger partial charge in [0.05, 0.1) is 12.6 Å². The summed E-state index contributed by atoms with van der Waals surface area (Å²) in [4.78, 5) is 29.1. The summed E-state index contributed by atoms with van der Waals surface area (Å²) in [7, 11) is 0. The summed E-state index contributed by atoms with van der Waals surface area (Å²) < 4.78 is 0. The zero-order chi connectivity index (χ0) is 20.1. The number of benzene rings is 2. The Labute approximate surface area is 172 Å². The van der Waals surface area contributed by atoms with Crippen LogP contribution in [0.3, 0.4) is 0 Å². The topological polar surface area (TPSA) is 52.7 Å². The van der Waals surface area contributed by atoms with Crippen LogP contribution in [0.1, 0.15) is 30.0 Å². The number of carbonyl (C=O) groups excluding carboxylic acids is 2. The Morgan fingerprint density at radius 1 is 0.897 bits per heavy atom. The van der Waals surface area contributed by atoms with Crippen molar-refractivity contribution in [2.45, 2.75) is 25.3 Å². The fourth-order valence-electron chi connectivity index (χ4n) is 3.95. The second-order valence-corrected chi connectivity index (χ2v) is 8.10. The molecule has 1 saturated heterocycles. The van der Waals surface area contributed by atoms with Crippen molar-refractivity contribution in [3.8, 4) is 0 Å². The van der Waals surface area contributed by atoms with Crippen molar-refractivity contribution in [3.63, 3.8) is 0 Å². The van der Waals surface area contributed by atoms with E-state index in [2.05, 4.69) is 34.5 Å². The predicted octanol–water partition coefficient (Wildman–Crippen LogP) is 2.64. The normalized spacial score (nSPS) is 18.3. The maximum atomic E-state index is 12.8. The minimum Gasteiger partial charge on any atom is -0.348 e. The van der Waals surface area contributed by atoms with Crippen LogP contribution >= 0.6 is 0 Å². The molecule has 152 valence electrons. The third-order valence-corrected chi connectivity index (χ3v) is 5.80. The molecule has 2 aromatic rings. The van der Waals surface area contributed by atoms with E-state index in [0.717, 1.165) is 51.0 Å². The third-order valence-electron chi connectivity index (χ3n) is 5.80. The van der Waals surface area contributed by atoms with Crippen molar-refractivity contribution in [1.82, 2.24) is 15.1 Å². The molecule has 2 amide bonds. The highest BCUT2D eigenvalue weighted by Crippen LogP contribution is 2.31. The summed E-state index contributed by atoms with van der Waals surface area (Å²) in [5, 5.41) is 3.23. The first kappa shape index (κ1) is 19.6. The molecule has 1 heterocycles. The number of carbonyl (C=O) groups is 2. The van der Waals surface area contributed by atoms with Gasteiger partial charge >= 0.3 is 0 Å². The van der Waals surface area contributed by atoms with E-state index < -0.39 is 0 Å².